The minimum absolute atomic E-state index is 0.124. The van der Waals surface area contributed by atoms with Gasteiger partial charge in [-0.2, -0.15) is 5.10 Å². The summed E-state index contributed by atoms with van der Waals surface area (Å²) in [5.74, 6) is 6.22. The lowest BCUT2D eigenvalue weighted by Crippen LogP contribution is -2.34. The van der Waals surface area contributed by atoms with Crippen molar-refractivity contribution in [2.45, 2.75) is 18.9 Å². The minimum Gasteiger partial charge on any atom is -0.275 e. The highest BCUT2D eigenvalue weighted by molar-refractivity contribution is 5.33. The third kappa shape index (κ3) is 1.94. The van der Waals surface area contributed by atoms with Crippen molar-refractivity contribution in [1.29, 1.82) is 0 Å². The average Bonchev–Trinajstić information content (AvgIpc) is 2.96. The number of aryl methyl sites for hydroxylation is 1. The van der Waals surface area contributed by atoms with Crippen LogP contribution >= 0.6 is 0 Å². The molecule has 1 aliphatic rings. The summed E-state index contributed by atoms with van der Waals surface area (Å²) in [6.45, 7) is 0. The molecule has 0 radical (unpaired) electrons. The molecule has 18 heavy (non-hydrogen) atoms. The zero-order valence-electron chi connectivity index (χ0n) is 10.5. The van der Waals surface area contributed by atoms with Gasteiger partial charge in [0.1, 0.15) is 0 Å². The summed E-state index contributed by atoms with van der Waals surface area (Å²) in [7, 11) is 1.93. The molecule has 4 heteroatoms. The molecule has 1 heterocycles. The number of nitrogens with zero attached hydrogens (tertiary/aromatic N) is 2. The topological polar surface area (TPSA) is 55.9 Å². The predicted molar refractivity (Wildman–Crippen MR) is 70.6 cm³/mol. The van der Waals surface area contributed by atoms with Crippen molar-refractivity contribution < 1.29 is 0 Å². The third-order valence-corrected chi connectivity index (χ3v) is 3.79. The van der Waals surface area contributed by atoms with Crippen LogP contribution in [0.1, 0.15) is 22.9 Å². The van der Waals surface area contributed by atoms with Crippen molar-refractivity contribution in [3.8, 4) is 0 Å². The molecular weight excluding hydrogens is 224 g/mol. The Kier molecular flexibility index (Phi) is 2.89. The van der Waals surface area contributed by atoms with Gasteiger partial charge in [0.15, 0.2) is 0 Å². The molecular formula is C14H18N4. The van der Waals surface area contributed by atoms with E-state index < -0.39 is 0 Å². The highest BCUT2D eigenvalue weighted by atomic mass is 15.3. The van der Waals surface area contributed by atoms with Crippen molar-refractivity contribution >= 4 is 0 Å². The van der Waals surface area contributed by atoms with E-state index in [9.17, 15) is 0 Å². The van der Waals surface area contributed by atoms with Crippen LogP contribution < -0.4 is 11.3 Å². The van der Waals surface area contributed by atoms with Crippen LogP contribution in [-0.4, -0.2) is 9.78 Å². The van der Waals surface area contributed by atoms with Gasteiger partial charge in [-0.25, -0.2) is 0 Å². The van der Waals surface area contributed by atoms with Gasteiger partial charge in [0.05, 0.1) is 11.7 Å². The standard InChI is InChI=1S/C14H18N4/c1-18-7-6-13(17-18)14(16-15)12-8-10-4-2-3-5-11(10)9-12/h2-7,12,14,16H,8-9,15H2,1H3. The number of benzene rings is 1. The molecule has 2 aromatic rings. The molecule has 1 aromatic heterocycles. The predicted octanol–water partition coefficient (Wildman–Crippen LogP) is 1.34. The van der Waals surface area contributed by atoms with Gasteiger partial charge in [-0.15, -0.1) is 0 Å². The minimum atomic E-state index is 0.124. The Balaban J connectivity index is 1.83. The summed E-state index contributed by atoms with van der Waals surface area (Å²) < 4.78 is 1.82. The quantitative estimate of drug-likeness (QED) is 0.631. The SMILES string of the molecule is Cn1ccc(C(NN)C2Cc3ccccc3C2)n1. The number of hydrazine groups is 1. The van der Waals surface area contributed by atoms with E-state index >= 15 is 0 Å². The van der Waals surface area contributed by atoms with E-state index in [0.29, 0.717) is 5.92 Å². The fourth-order valence-electron chi connectivity index (χ4n) is 2.89. The molecule has 0 amide bonds. The smallest absolute Gasteiger partial charge is 0.0810 e. The molecule has 1 atom stereocenters. The van der Waals surface area contributed by atoms with Gasteiger partial charge < -0.3 is 0 Å². The zero-order chi connectivity index (χ0) is 12.5. The van der Waals surface area contributed by atoms with E-state index in [1.165, 1.54) is 11.1 Å². The maximum Gasteiger partial charge on any atom is 0.0810 e. The number of nitrogens with two attached hydrogens (primary N) is 1. The van der Waals surface area contributed by atoms with Gasteiger partial charge in [0.25, 0.3) is 0 Å². The lowest BCUT2D eigenvalue weighted by molar-refractivity contribution is 0.370. The molecule has 0 saturated carbocycles. The Hall–Kier alpha value is -1.65. The zero-order valence-corrected chi connectivity index (χ0v) is 10.5. The Morgan fingerprint density at radius 3 is 2.44 bits per heavy atom. The van der Waals surface area contributed by atoms with Crippen molar-refractivity contribution in [1.82, 2.24) is 15.2 Å². The van der Waals surface area contributed by atoms with Gasteiger partial charge in [0.2, 0.25) is 0 Å². The molecule has 1 aliphatic carbocycles. The maximum atomic E-state index is 5.73. The largest absolute Gasteiger partial charge is 0.275 e. The molecule has 0 spiro atoms. The van der Waals surface area contributed by atoms with Gasteiger partial charge in [-0.3, -0.25) is 16.0 Å². The summed E-state index contributed by atoms with van der Waals surface area (Å²) in [4.78, 5) is 0. The fraction of sp³-hybridized carbons (Fsp3) is 0.357. The first-order valence-corrected chi connectivity index (χ1v) is 6.30. The molecule has 1 unspecified atom stereocenters. The number of fused-ring (bicyclic) bond motifs is 1. The van der Waals surface area contributed by atoms with E-state index in [4.69, 9.17) is 5.84 Å². The molecule has 94 valence electrons. The molecule has 4 nitrogen and oxygen atoms in total. The summed E-state index contributed by atoms with van der Waals surface area (Å²) >= 11 is 0. The van der Waals surface area contributed by atoms with Crippen LogP contribution in [0.2, 0.25) is 0 Å². The normalized spacial score (nSPS) is 16.8. The first kappa shape index (κ1) is 11.4. The van der Waals surface area contributed by atoms with Gasteiger partial charge in [0, 0.05) is 13.2 Å². The first-order valence-electron chi connectivity index (χ1n) is 6.30. The van der Waals surface area contributed by atoms with Crippen LogP contribution in [0.3, 0.4) is 0 Å². The molecule has 3 rings (SSSR count). The lowest BCUT2D eigenvalue weighted by atomic mass is 9.94. The van der Waals surface area contributed by atoms with Crippen LogP contribution in [0.15, 0.2) is 36.5 Å². The summed E-state index contributed by atoms with van der Waals surface area (Å²) in [6.07, 6.45) is 4.10. The highest BCUT2D eigenvalue weighted by Crippen LogP contribution is 2.34. The van der Waals surface area contributed by atoms with Gasteiger partial charge in [-0.05, 0) is 36.0 Å². The number of hydrogen-bond donors (Lipinski definition) is 2. The molecule has 0 bridgehead atoms. The van der Waals surface area contributed by atoms with Crippen molar-refractivity contribution in [3.05, 3.63) is 53.3 Å². The second-order valence-corrected chi connectivity index (χ2v) is 5.00. The van der Waals surface area contributed by atoms with Crippen LogP contribution in [0, 0.1) is 5.92 Å². The summed E-state index contributed by atoms with van der Waals surface area (Å²) in [5.41, 5.74) is 6.84. The second-order valence-electron chi connectivity index (χ2n) is 5.00. The summed E-state index contributed by atoms with van der Waals surface area (Å²) in [5, 5.41) is 4.46. The van der Waals surface area contributed by atoms with Crippen molar-refractivity contribution in [2.24, 2.45) is 18.8 Å². The van der Waals surface area contributed by atoms with E-state index in [0.717, 1.165) is 18.5 Å². The highest BCUT2D eigenvalue weighted by Gasteiger charge is 2.30. The van der Waals surface area contributed by atoms with Crippen LogP contribution in [0.4, 0.5) is 0 Å². The number of hydrogen-bond acceptors (Lipinski definition) is 3. The third-order valence-electron chi connectivity index (χ3n) is 3.79. The molecule has 1 aromatic carbocycles. The second kappa shape index (κ2) is 4.55. The lowest BCUT2D eigenvalue weighted by Gasteiger charge is -2.20. The number of rotatable bonds is 3. The van der Waals surface area contributed by atoms with E-state index in [-0.39, 0.29) is 6.04 Å². The Labute approximate surface area is 107 Å². The van der Waals surface area contributed by atoms with Crippen molar-refractivity contribution in [2.75, 3.05) is 0 Å². The van der Waals surface area contributed by atoms with E-state index in [1.54, 1.807) is 0 Å². The molecule has 0 fully saturated rings. The molecule has 0 aliphatic heterocycles. The van der Waals surface area contributed by atoms with Crippen molar-refractivity contribution in [3.63, 3.8) is 0 Å². The Morgan fingerprint density at radius 1 is 1.28 bits per heavy atom. The van der Waals surface area contributed by atoms with Crippen LogP contribution in [-0.2, 0) is 19.9 Å². The number of aromatic nitrogens is 2. The van der Waals surface area contributed by atoms with E-state index in [1.807, 2.05) is 24.0 Å². The van der Waals surface area contributed by atoms with Gasteiger partial charge in [-0.1, -0.05) is 24.3 Å². The average molecular weight is 242 g/mol. The molecule has 3 N–H and O–H groups in total. The Morgan fingerprint density at radius 2 is 1.94 bits per heavy atom. The fourth-order valence-corrected chi connectivity index (χ4v) is 2.89. The first-order chi connectivity index (χ1) is 8.78. The number of nitrogens with one attached hydrogen (secondary N) is 1. The monoisotopic (exact) mass is 242 g/mol. The Bertz CT molecular complexity index is 521. The van der Waals surface area contributed by atoms with Gasteiger partial charge >= 0.3 is 0 Å². The maximum absolute atomic E-state index is 5.73. The summed E-state index contributed by atoms with van der Waals surface area (Å²) in [6, 6.07) is 10.8. The van der Waals surface area contributed by atoms with Crippen LogP contribution in [0.25, 0.3) is 0 Å². The van der Waals surface area contributed by atoms with Crippen LogP contribution in [0.5, 0.6) is 0 Å². The van der Waals surface area contributed by atoms with E-state index in [2.05, 4.69) is 34.8 Å². The molecule has 0 saturated heterocycles.